The van der Waals surface area contributed by atoms with E-state index in [0.717, 1.165) is 19.3 Å². The van der Waals surface area contributed by atoms with Gasteiger partial charge in [0.15, 0.2) is 0 Å². The highest BCUT2D eigenvalue weighted by Gasteiger charge is 2.45. The second kappa shape index (κ2) is 7.67. The molecule has 3 N–H and O–H groups in total. The predicted octanol–water partition coefficient (Wildman–Crippen LogP) is 3.58. The van der Waals surface area contributed by atoms with E-state index in [1.165, 1.54) is 17.5 Å². The molecule has 23 heavy (non-hydrogen) atoms. The molecule has 1 aromatic rings. The van der Waals surface area contributed by atoms with E-state index in [1.54, 1.807) is 0 Å². The summed E-state index contributed by atoms with van der Waals surface area (Å²) in [5.41, 5.74) is 8.47. The largest absolute Gasteiger partial charge is 0.353 e. The third kappa shape index (κ3) is 4.07. The lowest BCUT2D eigenvalue weighted by Gasteiger charge is -2.19. The minimum absolute atomic E-state index is 0. The first kappa shape index (κ1) is 18.3. The van der Waals surface area contributed by atoms with Crippen molar-refractivity contribution < 1.29 is 4.79 Å². The molecule has 4 atom stereocenters. The fourth-order valence-electron chi connectivity index (χ4n) is 3.78. The molecule has 0 heterocycles. The van der Waals surface area contributed by atoms with Crippen molar-refractivity contribution in [2.24, 2.45) is 17.6 Å². The highest BCUT2D eigenvalue weighted by molar-refractivity contribution is 5.85. The summed E-state index contributed by atoms with van der Waals surface area (Å²) in [5, 5.41) is 3.25. The van der Waals surface area contributed by atoms with E-state index in [1.807, 2.05) is 0 Å². The van der Waals surface area contributed by atoms with E-state index in [-0.39, 0.29) is 24.2 Å². The fraction of sp³-hybridized carbons (Fsp3) is 0.632. The van der Waals surface area contributed by atoms with Gasteiger partial charge in [0.2, 0.25) is 5.91 Å². The van der Waals surface area contributed by atoms with Crippen LogP contribution in [-0.2, 0) is 4.79 Å². The van der Waals surface area contributed by atoms with Crippen LogP contribution < -0.4 is 11.1 Å². The Bertz CT molecular complexity index is 529. The second-order valence-electron chi connectivity index (χ2n) is 7.31. The number of carbonyl (C=O) groups is 1. The van der Waals surface area contributed by atoms with Crippen molar-refractivity contribution in [1.29, 1.82) is 0 Å². The summed E-state index contributed by atoms with van der Waals surface area (Å²) in [5.74, 6) is 1.86. The molecule has 2 aliphatic rings. The van der Waals surface area contributed by atoms with Crippen LogP contribution in [0.4, 0.5) is 0 Å². The zero-order chi connectivity index (χ0) is 15.7. The maximum absolute atomic E-state index is 12.4. The van der Waals surface area contributed by atoms with Gasteiger partial charge in [0.05, 0.1) is 0 Å². The van der Waals surface area contributed by atoms with Crippen LogP contribution >= 0.6 is 12.4 Å². The summed E-state index contributed by atoms with van der Waals surface area (Å²) < 4.78 is 0. The quantitative estimate of drug-likeness (QED) is 0.863. The zero-order valence-electron chi connectivity index (χ0n) is 14.1. The van der Waals surface area contributed by atoms with Gasteiger partial charge in [0.1, 0.15) is 0 Å². The number of carbonyl (C=O) groups excluding carboxylic acids is 1. The molecule has 0 saturated heterocycles. The molecule has 0 radical (unpaired) electrons. The van der Waals surface area contributed by atoms with Crippen LogP contribution in [0.1, 0.15) is 62.5 Å². The van der Waals surface area contributed by atoms with E-state index >= 15 is 0 Å². The minimum atomic E-state index is 0. The van der Waals surface area contributed by atoms with Crippen molar-refractivity contribution in [2.45, 2.75) is 57.4 Å². The van der Waals surface area contributed by atoms with Crippen LogP contribution in [0.2, 0.25) is 0 Å². The van der Waals surface area contributed by atoms with Crippen LogP contribution in [0.3, 0.4) is 0 Å². The summed E-state index contributed by atoms with van der Waals surface area (Å²) >= 11 is 0. The van der Waals surface area contributed by atoms with Crippen molar-refractivity contribution >= 4 is 18.3 Å². The average molecular weight is 337 g/mol. The second-order valence-corrected chi connectivity index (χ2v) is 7.31. The molecule has 3 nitrogen and oxygen atoms in total. The van der Waals surface area contributed by atoms with Crippen LogP contribution in [0.25, 0.3) is 0 Å². The van der Waals surface area contributed by atoms with Gasteiger partial charge in [-0.2, -0.15) is 0 Å². The Hall–Kier alpha value is -1.06. The third-order valence-corrected chi connectivity index (χ3v) is 5.45. The number of hydrogen-bond donors (Lipinski definition) is 2. The normalized spacial score (nSPS) is 29.2. The molecule has 2 fully saturated rings. The van der Waals surface area contributed by atoms with Crippen LogP contribution in [0.5, 0.6) is 0 Å². The molecule has 2 saturated carbocycles. The first-order valence-corrected chi connectivity index (χ1v) is 8.70. The molecule has 0 spiro atoms. The average Bonchev–Trinajstić information content (AvgIpc) is 3.20. The topological polar surface area (TPSA) is 55.1 Å². The Morgan fingerprint density at radius 1 is 1.26 bits per heavy atom. The van der Waals surface area contributed by atoms with E-state index in [2.05, 4.69) is 43.4 Å². The highest BCUT2D eigenvalue weighted by Crippen LogP contribution is 2.48. The highest BCUT2D eigenvalue weighted by atomic mass is 35.5. The summed E-state index contributed by atoms with van der Waals surface area (Å²) in [6.07, 6.45) is 4.44. The molecular weight excluding hydrogens is 308 g/mol. The van der Waals surface area contributed by atoms with E-state index in [9.17, 15) is 4.79 Å². The van der Waals surface area contributed by atoms with Gasteiger partial charge in [0, 0.05) is 12.0 Å². The minimum Gasteiger partial charge on any atom is -0.353 e. The Balaban J connectivity index is 0.00000192. The van der Waals surface area contributed by atoms with Gasteiger partial charge in [-0.1, -0.05) is 44.5 Å². The zero-order valence-corrected chi connectivity index (χ0v) is 14.9. The molecular formula is C19H29ClN2O. The number of hydrogen-bond acceptors (Lipinski definition) is 2. The van der Waals surface area contributed by atoms with Gasteiger partial charge in [-0.3, -0.25) is 4.79 Å². The molecule has 128 valence electrons. The third-order valence-electron chi connectivity index (χ3n) is 5.45. The van der Waals surface area contributed by atoms with Gasteiger partial charge in [-0.15, -0.1) is 12.4 Å². The first-order chi connectivity index (χ1) is 10.6. The smallest absolute Gasteiger partial charge is 0.223 e. The first-order valence-electron chi connectivity index (χ1n) is 8.70. The van der Waals surface area contributed by atoms with E-state index in [4.69, 9.17) is 5.73 Å². The Labute approximate surface area is 145 Å². The standard InChI is InChI=1S/C19H28N2O.ClH/c1-12(2)13-6-8-14(9-7-13)16-10-17(16)19(22)21-18-5-3-4-15(18)11-20;/h6-9,12,15-18H,3-5,10-11,20H2,1-2H3,(H,21,22);1H. The summed E-state index contributed by atoms with van der Waals surface area (Å²) in [7, 11) is 0. The van der Waals surface area contributed by atoms with Gasteiger partial charge in [-0.05, 0) is 54.7 Å². The van der Waals surface area contributed by atoms with Crippen LogP contribution in [0, 0.1) is 11.8 Å². The summed E-state index contributed by atoms with van der Waals surface area (Å²) in [6.45, 7) is 5.10. The maximum Gasteiger partial charge on any atom is 0.223 e. The number of nitrogens with two attached hydrogens (primary N) is 1. The Kier molecular flexibility index (Phi) is 6.10. The molecule has 4 unspecified atom stereocenters. The summed E-state index contributed by atoms with van der Waals surface area (Å²) in [4.78, 5) is 12.4. The molecule has 0 aliphatic heterocycles. The lowest BCUT2D eigenvalue weighted by Crippen LogP contribution is -2.40. The van der Waals surface area contributed by atoms with Crippen molar-refractivity contribution in [3.05, 3.63) is 35.4 Å². The Morgan fingerprint density at radius 2 is 1.96 bits per heavy atom. The molecule has 0 bridgehead atoms. The SMILES string of the molecule is CC(C)c1ccc(C2CC2C(=O)NC2CCCC2CN)cc1.Cl. The van der Waals surface area contributed by atoms with E-state index < -0.39 is 0 Å². The van der Waals surface area contributed by atoms with Crippen LogP contribution in [0.15, 0.2) is 24.3 Å². The Morgan fingerprint density at radius 3 is 2.57 bits per heavy atom. The van der Waals surface area contributed by atoms with Gasteiger partial charge < -0.3 is 11.1 Å². The molecule has 1 aromatic carbocycles. The molecule has 1 amide bonds. The van der Waals surface area contributed by atoms with Crippen molar-refractivity contribution in [3.63, 3.8) is 0 Å². The van der Waals surface area contributed by atoms with E-state index in [0.29, 0.717) is 30.3 Å². The maximum atomic E-state index is 12.4. The van der Waals surface area contributed by atoms with Gasteiger partial charge >= 0.3 is 0 Å². The van der Waals surface area contributed by atoms with Crippen molar-refractivity contribution in [2.75, 3.05) is 6.54 Å². The molecule has 4 heteroatoms. The lowest BCUT2D eigenvalue weighted by molar-refractivity contribution is -0.123. The number of benzene rings is 1. The number of amides is 1. The monoisotopic (exact) mass is 336 g/mol. The number of nitrogens with one attached hydrogen (secondary N) is 1. The van der Waals surface area contributed by atoms with Crippen molar-refractivity contribution in [1.82, 2.24) is 5.32 Å². The predicted molar refractivity (Wildman–Crippen MR) is 97.0 cm³/mol. The van der Waals surface area contributed by atoms with Gasteiger partial charge in [-0.25, -0.2) is 0 Å². The lowest BCUT2D eigenvalue weighted by atomic mass is 9.99. The fourth-order valence-corrected chi connectivity index (χ4v) is 3.78. The van der Waals surface area contributed by atoms with Gasteiger partial charge in [0.25, 0.3) is 0 Å². The van der Waals surface area contributed by atoms with Crippen molar-refractivity contribution in [3.8, 4) is 0 Å². The molecule has 3 rings (SSSR count). The number of halogens is 1. The number of rotatable bonds is 5. The molecule has 0 aromatic heterocycles. The summed E-state index contributed by atoms with van der Waals surface area (Å²) in [6, 6.07) is 9.11. The molecule has 2 aliphatic carbocycles. The van der Waals surface area contributed by atoms with Crippen LogP contribution in [-0.4, -0.2) is 18.5 Å².